The highest BCUT2D eigenvalue weighted by Gasteiger charge is 2.43. The summed E-state index contributed by atoms with van der Waals surface area (Å²) in [6.45, 7) is 2.55. The second-order valence-corrected chi connectivity index (χ2v) is 7.04. The zero-order valence-corrected chi connectivity index (χ0v) is 15.5. The van der Waals surface area contributed by atoms with Gasteiger partial charge in [0.05, 0.1) is 23.7 Å². The van der Waals surface area contributed by atoms with Crippen LogP contribution < -0.4 is 9.80 Å². The number of imide groups is 1. The first-order valence-electron chi connectivity index (χ1n) is 9.29. The minimum absolute atomic E-state index is 0.0312. The van der Waals surface area contributed by atoms with Crippen molar-refractivity contribution in [3.8, 4) is 0 Å². The zero-order chi connectivity index (χ0) is 20.6. The van der Waals surface area contributed by atoms with Crippen molar-refractivity contribution in [1.82, 2.24) is 9.88 Å². The number of rotatable bonds is 3. The molecule has 0 radical (unpaired) electrons. The summed E-state index contributed by atoms with van der Waals surface area (Å²) in [5, 5.41) is 0. The van der Waals surface area contributed by atoms with Gasteiger partial charge in [-0.3, -0.25) is 14.5 Å². The predicted molar refractivity (Wildman–Crippen MR) is 100 cm³/mol. The largest absolute Gasteiger partial charge is 0.416 e. The van der Waals surface area contributed by atoms with Crippen molar-refractivity contribution >= 4 is 23.3 Å². The molecule has 1 aromatic heterocycles. The average molecular weight is 404 g/mol. The third-order valence-corrected chi connectivity index (χ3v) is 5.30. The van der Waals surface area contributed by atoms with E-state index in [2.05, 4.69) is 9.88 Å². The van der Waals surface area contributed by atoms with Crippen molar-refractivity contribution in [2.75, 3.05) is 36.0 Å². The van der Waals surface area contributed by atoms with Crippen molar-refractivity contribution in [3.63, 3.8) is 0 Å². The number of amides is 2. The van der Waals surface area contributed by atoms with Crippen LogP contribution in [0.5, 0.6) is 0 Å². The van der Waals surface area contributed by atoms with E-state index in [0.717, 1.165) is 22.9 Å². The number of anilines is 2. The van der Waals surface area contributed by atoms with E-state index in [1.54, 1.807) is 6.20 Å². The molecule has 0 saturated carbocycles. The molecule has 3 heterocycles. The number of halogens is 3. The van der Waals surface area contributed by atoms with Crippen LogP contribution in [0.2, 0.25) is 0 Å². The smallest absolute Gasteiger partial charge is 0.354 e. The minimum Gasteiger partial charge on any atom is -0.354 e. The number of piperazine rings is 1. The van der Waals surface area contributed by atoms with Gasteiger partial charge in [0, 0.05) is 32.4 Å². The molecule has 2 amide bonds. The van der Waals surface area contributed by atoms with E-state index in [9.17, 15) is 22.8 Å². The number of hydrogen-bond donors (Lipinski definition) is 0. The van der Waals surface area contributed by atoms with Gasteiger partial charge in [-0.1, -0.05) is 6.07 Å². The molecule has 2 aromatic rings. The number of carbonyl (C=O) groups is 2. The Bertz CT molecular complexity index is 894. The molecule has 2 aliphatic rings. The van der Waals surface area contributed by atoms with E-state index in [1.165, 1.54) is 12.1 Å². The molecule has 0 N–H and O–H groups in total. The van der Waals surface area contributed by atoms with Crippen LogP contribution in [0, 0.1) is 0 Å². The van der Waals surface area contributed by atoms with Crippen LogP contribution in [0.3, 0.4) is 0 Å². The van der Waals surface area contributed by atoms with Gasteiger partial charge in [-0.2, -0.15) is 13.2 Å². The molecule has 0 bridgehead atoms. The number of aromatic nitrogens is 1. The summed E-state index contributed by atoms with van der Waals surface area (Å²) in [5.74, 6) is 0.0836. The summed E-state index contributed by atoms with van der Waals surface area (Å²) in [4.78, 5) is 34.7. The SMILES string of the molecule is O=C1C[C@H](N2CCN(c3ccccn3)CC2)C(=O)N1c1ccc(C(F)(F)F)cc1. The van der Waals surface area contributed by atoms with Crippen LogP contribution in [0.25, 0.3) is 0 Å². The highest BCUT2D eigenvalue weighted by Crippen LogP contribution is 2.32. The quantitative estimate of drug-likeness (QED) is 0.736. The van der Waals surface area contributed by atoms with Gasteiger partial charge in [0.1, 0.15) is 5.82 Å². The second kappa shape index (κ2) is 7.47. The van der Waals surface area contributed by atoms with Gasteiger partial charge in [-0.25, -0.2) is 9.88 Å². The first-order chi connectivity index (χ1) is 13.8. The van der Waals surface area contributed by atoms with E-state index in [1.807, 2.05) is 23.1 Å². The summed E-state index contributed by atoms with van der Waals surface area (Å²) < 4.78 is 38.2. The Labute approximate surface area is 165 Å². The molecule has 6 nitrogen and oxygen atoms in total. The fraction of sp³-hybridized carbons (Fsp3) is 0.350. The summed E-state index contributed by atoms with van der Waals surface area (Å²) in [6.07, 6.45) is -2.71. The lowest BCUT2D eigenvalue weighted by Crippen LogP contribution is -2.52. The molecule has 4 rings (SSSR count). The van der Waals surface area contributed by atoms with Gasteiger partial charge in [0.2, 0.25) is 5.91 Å². The molecule has 29 heavy (non-hydrogen) atoms. The van der Waals surface area contributed by atoms with Crippen molar-refractivity contribution in [3.05, 3.63) is 54.2 Å². The molecule has 152 valence electrons. The fourth-order valence-electron chi connectivity index (χ4n) is 3.78. The first kappa shape index (κ1) is 19.4. The summed E-state index contributed by atoms with van der Waals surface area (Å²) in [6, 6.07) is 9.19. The Morgan fingerprint density at radius 1 is 0.931 bits per heavy atom. The molecule has 0 aliphatic carbocycles. The maximum Gasteiger partial charge on any atom is 0.416 e. The van der Waals surface area contributed by atoms with E-state index >= 15 is 0 Å². The molecule has 2 saturated heterocycles. The fourth-order valence-corrected chi connectivity index (χ4v) is 3.78. The summed E-state index contributed by atoms with van der Waals surface area (Å²) in [5.41, 5.74) is -0.648. The summed E-state index contributed by atoms with van der Waals surface area (Å²) in [7, 11) is 0. The van der Waals surface area contributed by atoms with Crippen molar-refractivity contribution in [1.29, 1.82) is 0 Å². The van der Waals surface area contributed by atoms with Gasteiger partial charge >= 0.3 is 6.18 Å². The first-order valence-corrected chi connectivity index (χ1v) is 9.29. The Kier molecular flexibility index (Phi) is 4.99. The third kappa shape index (κ3) is 3.82. The molecule has 1 atom stereocenters. The van der Waals surface area contributed by atoms with Crippen LogP contribution in [0.4, 0.5) is 24.7 Å². The van der Waals surface area contributed by atoms with E-state index in [-0.39, 0.29) is 18.0 Å². The van der Waals surface area contributed by atoms with Crippen LogP contribution in [0.15, 0.2) is 48.7 Å². The van der Waals surface area contributed by atoms with Crippen molar-refractivity contribution < 1.29 is 22.8 Å². The van der Waals surface area contributed by atoms with Crippen molar-refractivity contribution in [2.45, 2.75) is 18.6 Å². The third-order valence-electron chi connectivity index (χ3n) is 5.30. The van der Waals surface area contributed by atoms with E-state index < -0.39 is 23.7 Å². The molecule has 2 fully saturated rings. The number of benzene rings is 1. The lowest BCUT2D eigenvalue weighted by Gasteiger charge is -2.37. The molecule has 9 heteroatoms. The molecular formula is C20H19F3N4O2. The molecule has 1 aromatic carbocycles. The monoisotopic (exact) mass is 404 g/mol. The van der Waals surface area contributed by atoms with Crippen LogP contribution in [-0.2, 0) is 15.8 Å². The second-order valence-electron chi connectivity index (χ2n) is 7.04. The van der Waals surface area contributed by atoms with Gasteiger partial charge in [0.15, 0.2) is 0 Å². The lowest BCUT2D eigenvalue weighted by atomic mass is 10.1. The molecular weight excluding hydrogens is 385 g/mol. The summed E-state index contributed by atoms with van der Waals surface area (Å²) >= 11 is 0. The van der Waals surface area contributed by atoms with Gasteiger partial charge in [-0.05, 0) is 36.4 Å². The standard InChI is InChI=1S/C20H19F3N4O2/c21-20(22,23)14-4-6-15(7-5-14)27-18(28)13-16(19(27)29)25-9-11-26(12-10-25)17-3-1-2-8-24-17/h1-8,16H,9-13H2/t16-/m0/s1. The Morgan fingerprint density at radius 2 is 1.62 bits per heavy atom. The maximum atomic E-state index is 12.9. The highest BCUT2D eigenvalue weighted by atomic mass is 19.4. The van der Waals surface area contributed by atoms with Gasteiger partial charge < -0.3 is 4.90 Å². The maximum absolute atomic E-state index is 12.9. The van der Waals surface area contributed by atoms with Crippen LogP contribution in [0.1, 0.15) is 12.0 Å². The number of pyridine rings is 1. The van der Waals surface area contributed by atoms with E-state index in [4.69, 9.17) is 0 Å². The number of nitrogens with zero attached hydrogens (tertiary/aromatic N) is 4. The predicted octanol–water partition coefficient (Wildman–Crippen LogP) is 2.55. The van der Waals surface area contributed by atoms with Crippen LogP contribution >= 0.6 is 0 Å². The Hall–Kier alpha value is -2.94. The van der Waals surface area contributed by atoms with Crippen molar-refractivity contribution in [2.24, 2.45) is 0 Å². The number of hydrogen-bond acceptors (Lipinski definition) is 5. The Morgan fingerprint density at radius 3 is 2.21 bits per heavy atom. The van der Waals surface area contributed by atoms with Gasteiger partial charge in [-0.15, -0.1) is 0 Å². The van der Waals surface area contributed by atoms with E-state index in [0.29, 0.717) is 26.2 Å². The lowest BCUT2D eigenvalue weighted by molar-refractivity contribution is -0.137. The number of carbonyl (C=O) groups excluding carboxylic acids is 2. The molecule has 0 unspecified atom stereocenters. The number of alkyl halides is 3. The topological polar surface area (TPSA) is 56.8 Å². The minimum atomic E-state index is -4.46. The zero-order valence-electron chi connectivity index (χ0n) is 15.5. The molecule has 0 spiro atoms. The normalized spacial score (nSPS) is 21.1. The highest BCUT2D eigenvalue weighted by molar-refractivity contribution is 6.22. The molecule has 2 aliphatic heterocycles. The van der Waals surface area contributed by atoms with Crippen LogP contribution in [-0.4, -0.2) is 53.9 Å². The van der Waals surface area contributed by atoms with Gasteiger partial charge in [0.25, 0.3) is 5.91 Å². The Balaban J connectivity index is 1.44. The average Bonchev–Trinajstić information content (AvgIpc) is 3.02.